The largest absolute Gasteiger partial charge is 0.383 e. The van der Waals surface area contributed by atoms with Gasteiger partial charge >= 0.3 is 5.69 Å². The van der Waals surface area contributed by atoms with Gasteiger partial charge in [-0.15, -0.1) is 0 Å². The van der Waals surface area contributed by atoms with Gasteiger partial charge in [-0.3, -0.25) is 24.0 Å². The number of hydrogen-bond acceptors (Lipinski definition) is 5. The zero-order chi connectivity index (χ0) is 22.7. The van der Waals surface area contributed by atoms with Crippen molar-refractivity contribution >= 4 is 17.4 Å². The van der Waals surface area contributed by atoms with Crippen LogP contribution in [0.2, 0.25) is 0 Å². The van der Waals surface area contributed by atoms with Crippen LogP contribution in [0.1, 0.15) is 84.0 Å². The summed E-state index contributed by atoms with van der Waals surface area (Å²) in [6, 6.07) is 0.441. The first-order chi connectivity index (χ1) is 15.5. The van der Waals surface area contributed by atoms with Crippen LogP contribution >= 0.6 is 0 Å². The predicted molar refractivity (Wildman–Crippen MR) is 127 cm³/mol. The maximum atomic E-state index is 13.8. The third-order valence-corrected chi connectivity index (χ3v) is 7.85. The molecule has 1 saturated heterocycles. The van der Waals surface area contributed by atoms with Crippen molar-refractivity contribution in [2.45, 2.75) is 103 Å². The lowest BCUT2D eigenvalue weighted by atomic mass is 9.78. The second-order valence-corrected chi connectivity index (χ2v) is 9.92. The van der Waals surface area contributed by atoms with Crippen molar-refractivity contribution in [2.75, 3.05) is 23.7 Å². The molecular weight excluding hydrogens is 406 g/mol. The van der Waals surface area contributed by atoms with E-state index in [9.17, 15) is 14.4 Å². The maximum Gasteiger partial charge on any atom is 0.330 e. The van der Waals surface area contributed by atoms with E-state index in [2.05, 4.69) is 9.88 Å². The van der Waals surface area contributed by atoms with Gasteiger partial charge in [-0.2, -0.15) is 0 Å². The second kappa shape index (κ2) is 10.2. The van der Waals surface area contributed by atoms with Crippen molar-refractivity contribution in [1.29, 1.82) is 0 Å². The molecule has 1 aromatic heterocycles. The Balaban J connectivity index is 1.65. The van der Waals surface area contributed by atoms with Crippen molar-refractivity contribution in [3.05, 3.63) is 20.8 Å². The summed E-state index contributed by atoms with van der Waals surface area (Å²) in [5.74, 6) is 0.761. The molecule has 4 rings (SSSR count). The van der Waals surface area contributed by atoms with E-state index < -0.39 is 11.2 Å². The van der Waals surface area contributed by atoms with Crippen LogP contribution in [-0.2, 0) is 11.3 Å². The molecule has 1 amide bonds. The summed E-state index contributed by atoms with van der Waals surface area (Å²) in [6.45, 7) is 3.74. The maximum absolute atomic E-state index is 13.8. The Kier molecular flexibility index (Phi) is 7.38. The molecule has 3 fully saturated rings. The summed E-state index contributed by atoms with van der Waals surface area (Å²) in [6.07, 6.45) is 12.8. The van der Waals surface area contributed by atoms with Crippen LogP contribution in [0, 0.1) is 5.92 Å². The molecule has 8 nitrogen and oxygen atoms in total. The van der Waals surface area contributed by atoms with Gasteiger partial charge in [0.15, 0.2) is 5.69 Å². The molecule has 8 heteroatoms. The highest BCUT2D eigenvalue weighted by Gasteiger charge is 2.37. The lowest BCUT2D eigenvalue weighted by Crippen LogP contribution is -2.53. The van der Waals surface area contributed by atoms with Gasteiger partial charge in [0.1, 0.15) is 5.82 Å². The minimum Gasteiger partial charge on any atom is -0.383 e. The van der Waals surface area contributed by atoms with Crippen LogP contribution in [0.3, 0.4) is 0 Å². The molecule has 2 saturated carbocycles. The Morgan fingerprint density at radius 3 is 2.50 bits per heavy atom. The van der Waals surface area contributed by atoms with E-state index >= 15 is 0 Å². The normalized spacial score (nSPS) is 24.4. The van der Waals surface area contributed by atoms with Gasteiger partial charge in [0, 0.05) is 18.6 Å². The Bertz CT molecular complexity index is 915. The number of nitrogens with one attached hydrogen (secondary N) is 1. The topological polar surface area (TPSA) is 104 Å². The fraction of sp³-hybridized carbons (Fsp3) is 0.792. The van der Waals surface area contributed by atoms with Gasteiger partial charge < -0.3 is 10.6 Å². The summed E-state index contributed by atoms with van der Waals surface area (Å²) in [7, 11) is 0. The second-order valence-electron chi connectivity index (χ2n) is 9.92. The number of aromatic nitrogens is 2. The van der Waals surface area contributed by atoms with E-state index in [1.54, 1.807) is 4.90 Å². The Hall–Kier alpha value is -2.09. The molecule has 32 heavy (non-hydrogen) atoms. The van der Waals surface area contributed by atoms with Gasteiger partial charge in [0.25, 0.3) is 5.56 Å². The van der Waals surface area contributed by atoms with E-state index in [1.165, 1.54) is 30.3 Å². The summed E-state index contributed by atoms with van der Waals surface area (Å²) in [5.41, 5.74) is 5.54. The first kappa shape index (κ1) is 23.1. The zero-order valence-electron chi connectivity index (χ0n) is 19.5. The number of nitrogens with two attached hydrogens (primary N) is 1. The first-order valence-electron chi connectivity index (χ1n) is 12.7. The van der Waals surface area contributed by atoms with Gasteiger partial charge in [0.2, 0.25) is 5.91 Å². The minimum atomic E-state index is -0.547. The number of H-pyrrole nitrogens is 1. The van der Waals surface area contributed by atoms with E-state index in [4.69, 9.17) is 5.73 Å². The van der Waals surface area contributed by atoms with E-state index in [0.717, 1.165) is 57.9 Å². The molecule has 0 radical (unpaired) electrons. The zero-order valence-corrected chi connectivity index (χ0v) is 19.5. The smallest absolute Gasteiger partial charge is 0.330 e. The first-order valence-corrected chi connectivity index (χ1v) is 12.7. The number of nitrogens with zero attached hydrogens (tertiary/aromatic N) is 3. The van der Waals surface area contributed by atoms with Crippen molar-refractivity contribution in [3.8, 4) is 0 Å². The molecule has 1 aliphatic heterocycles. The molecule has 0 unspecified atom stereocenters. The Morgan fingerprint density at radius 2 is 1.75 bits per heavy atom. The number of anilines is 2. The number of amides is 1. The monoisotopic (exact) mass is 445 g/mol. The number of rotatable bonds is 7. The molecule has 0 spiro atoms. The van der Waals surface area contributed by atoms with Crippen LogP contribution in [0.15, 0.2) is 9.59 Å². The molecule has 178 valence electrons. The highest BCUT2D eigenvalue weighted by Crippen LogP contribution is 2.36. The van der Waals surface area contributed by atoms with Gasteiger partial charge in [-0.05, 0) is 57.4 Å². The number of carbonyl (C=O) groups is 1. The number of unbranched alkanes of at least 4 members (excludes halogenated alkanes) is 1. The van der Waals surface area contributed by atoms with Gasteiger partial charge in [-0.1, -0.05) is 39.0 Å². The number of carbonyl (C=O) groups excluding carboxylic acids is 1. The fourth-order valence-corrected chi connectivity index (χ4v) is 6.20. The van der Waals surface area contributed by atoms with E-state index in [1.807, 2.05) is 6.92 Å². The standard InChI is InChI=1S/C24H39N5O3/c1-2-3-15-28-22(25)21(23(31)26-24(28)32)29(18-11-5-6-12-18)20(30)16-27-14-8-10-17-9-4-7-13-19(17)27/h17-19H,2-16,25H2,1H3,(H,26,31,32)/t17-,19+/m0/s1. The molecule has 0 bridgehead atoms. The lowest BCUT2D eigenvalue weighted by Gasteiger charge is -2.44. The van der Waals surface area contributed by atoms with Crippen molar-refractivity contribution in [1.82, 2.24) is 14.5 Å². The molecule has 1 aromatic rings. The van der Waals surface area contributed by atoms with E-state index in [0.29, 0.717) is 25.0 Å². The molecule has 3 N–H and O–H groups in total. The highest BCUT2D eigenvalue weighted by atomic mass is 16.2. The number of aromatic amines is 1. The van der Waals surface area contributed by atoms with Crippen LogP contribution < -0.4 is 21.9 Å². The van der Waals surface area contributed by atoms with Crippen LogP contribution in [0.4, 0.5) is 11.5 Å². The SMILES string of the molecule is CCCCn1c(N)c(N(C(=O)CN2CCC[C@@H]3CCCC[C@H]32)C2CCCC2)c(=O)[nH]c1=O. The number of nitrogen functional groups attached to an aromatic ring is 1. The number of hydrogen-bond donors (Lipinski definition) is 2. The summed E-state index contributed by atoms with van der Waals surface area (Å²) in [5, 5.41) is 0. The van der Waals surface area contributed by atoms with Gasteiger partial charge in [0.05, 0.1) is 6.54 Å². The average molecular weight is 446 g/mol. The molecule has 2 atom stereocenters. The summed E-state index contributed by atoms with van der Waals surface area (Å²) >= 11 is 0. The molecule has 2 aliphatic carbocycles. The molecule has 3 aliphatic rings. The lowest BCUT2D eigenvalue weighted by molar-refractivity contribution is -0.121. The number of likely N-dealkylation sites (tertiary alicyclic amines) is 1. The Morgan fingerprint density at radius 1 is 1.06 bits per heavy atom. The predicted octanol–water partition coefficient (Wildman–Crippen LogP) is 2.85. The van der Waals surface area contributed by atoms with Crippen LogP contribution in [-0.4, -0.2) is 45.5 Å². The molecular formula is C24H39N5O3. The highest BCUT2D eigenvalue weighted by molar-refractivity contribution is 5.97. The van der Waals surface area contributed by atoms with Crippen molar-refractivity contribution in [2.24, 2.45) is 5.92 Å². The molecule has 0 aromatic carbocycles. The Labute approximate surface area is 190 Å². The van der Waals surface area contributed by atoms with E-state index in [-0.39, 0.29) is 23.5 Å². The molecule has 2 heterocycles. The third kappa shape index (κ3) is 4.65. The third-order valence-electron chi connectivity index (χ3n) is 7.85. The van der Waals surface area contributed by atoms with Crippen molar-refractivity contribution in [3.63, 3.8) is 0 Å². The fourth-order valence-electron chi connectivity index (χ4n) is 6.20. The number of fused-ring (bicyclic) bond motifs is 1. The van der Waals surface area contributed by atoms with Crippen LogP contribution in [0.25, 0.3) is 0 Å². The summed E-state index contributed by atoms with van der Waals surface area (Å²) in [4.78, 5) is 45.6. The van der Waals surface area contributed by atoms with Crippen LogP contribution in [0.5, 0.6) is 0 Å². The minimum absolute atomic E-state index is 0.0324. The number of piperidine rings is 1. The average Bonchev–Trinajstić information content (AvgIpc) is 3.31. The van der Waals surface area contributed by atoms with Gasteiger partial charge in [-0.25, -0.2) is 4.79 Å². The quantitative estimate of drug-likeness (QED) is 0.672. The van der Waals surface area contributed by atoms with Crippen molar-refractivity contribution < 1.29 is 4.79 Å². The summed E-state index contributed by atoms with van der Waals surface area (Å²) < 4.78 is 1.42.